The highest BCUT2D eigenvalue weighted by molar-refractivity contribution is 7.05. The van der Waals surface area contributed by atoms with Crippen molar-refractivity contribution in [1.82, 2.24) is 14.9 Å². The van der Waals surface area contributed by atoms with Crippen molar-refractivity contribution in [1.29, 1.82) is 0 Å². The Labute approximate surface area is 83.7 Å². The van der Waals surface area contributed by atoms with Crippen molar-refractivity contribution in [2.45, 2.75) is 32.7 Å². The van der Waals surface area contributed by atoms with Gasteiger partial charge in [-0.3, -0.25) is 0 Å². The summed E-state index contributed by atoms with van der Waals surface area (Å²) in [6.07, 6.45) is 4.25. The largest absolute Gasteiger partial charge is 0.312 e. The Kier molecular flexibility index (Phi) is 4.32. The summed E-state index contributed by atoms with van der Waals surface area (Å²) in [5.41, 5.74) is 0. The summed E-state index contributed by atoms with van der Waals surface area (Å²) in [6, 6.07) is 0.426. The minimum absolute atomic E-state index is 0.426. The SMILES string of the molecule is CCC(C)CC(NC)c1cnns1. The molecule has 74 valence electrons. The van der Waals surface area contributed by atoms with E-state index in [1.807, 2.05) is 13.2 Å². The van der Waals surface area contributed by atoms with Gasteiger partial charge in [-0.05, 0) is 30.9 Å². The van der Waals surface area contributed by atoms with Crippen molar-refractivity contribution in [3.8, 4) is 0 Å². The summed E-state index contributed by atoms with van der Waals surface area (Å²) in [5.74, 6) is 0.750. The number of aromatic nitrogens is 2. The standard InChI is InChI=1S/C9H17N3S/c1-4-7(2)5-8(10-3)9-6-11-12-13-9/h6-8,10H,4-5H2,1-3H3. The third-order valence-corrected chi connectivity index (χ3v) is 3.18. The minimum Gasteiger partial charge on any atom is -0.312 e. The number of hydrogen-bond acceptors (Lipinski definition) is 4. The predicted molar refractivity (Wildman–Crippen MR) is 55.8 cm³/mol. The second-order valence-corrected chi connectivity index (χ2v) is 4.23. The summed E-state index contributed by atoms with van der Waals surface area (Å²) in [6.45, 7) is 4.50. The molecule has 0 aliphatic carbocycles. The van der Waals surface area contributed by atoms with E-state index < -0.39 is 0 Å². The Hall–Kier alpha value is -0.480. The van der Waals surface area contributed by atoms with Gasteiger partial charge in [-0.2, -0.15) is 0 Å². The van der Waals surface area contributed by atoms with E-state index in [1.54, 1.807) is 0 Å². The van der Waals surface area contributed by atoms with E-state index in [0.717, 1.165) is 12.3 Å². The van der Waals surface area contributed by atoms with Crippen molar-refractivity contribution in [2.24, 2.45) is 5.92 Å². The number of hydrogen-bond donors (Lipinski definition) is 1. The summed E-state index contributed by atoms with van der Waals surface area (Å²) in [4.78, 5) is 1.24. The molecule has 0 fully saturated rings. The summed E-state index contributed by atoms with van der Waals surface area (Å²) < 4.78 is 3.88. The molecule has 0 radical (unpaired) electrons. The Morgan fingerprint density at radius 3 is 2.85 bits per heavy atom. The maximum absolute atomic E-state index is 3.88. The highest BCUT2D eigenvalue weighted by Gasteiger charge is 2.14. The monoisotopic (exact) mass is 199 g/mol. The van der Waals surface area contributed by atoms with Crippen LogP contribution in [-0.2, 0) is 0 Å². The smallest absolute Gasteiger partial charge is 0.0669 e. The molecule has 1 N–H and O–H groups in total. The first-order valence-corrected chi connectivity index (χ1v) is 5.49. The Balaban J connectivity index is 2.53. The van der Waals surface area contributed by atoms with Crippen LogP contribution >= 0.6 is 11.5 Å². The van der Waals surface area contributed by atoms with E-state index in [2.05, 4.69) is 28.8 Å². The lowest BCUT2D eigenvalue weighted by Crippen LogP contribution is -2.17. The van der Waals surface area contributed by atoms with Crippen LogP contribution in [0.5, 0.6) is 0 Å². The molecule has 2 atom stereocenters. The van der Waals surface area contributed by atoms with E-state index >= 15 is 0 Å². The summed E-state index contributed by atoms with van der Waals surface area (Å²) in [5, 5.41) is 7.15. The maximum Gasteiger partial charge on any atom is 0.0669 e. The van der Waals surface area contributed by atoms with Crippen LogP contribution < -0.4 is 5.32 Å². The van der Waals surface area contributed by atoms with Crippen molar-refractivity contribution >= 4 is 11.5 Å². The molecule has 13 heavy (non-hydrogen) atoms. The molecular formula is C9H17N3S. The lowest BCUT2D eigenvalue weighted by Gasteiger charge is -2.17. The van der Waals surface area contributed by atoms with Crippen LogP contribution in [0.2, 0.25) is 0 Å². The third-order valence-electron chi connectivity index (χ3n) is 2.41. The quantitative estimate of drug-likeness (QED) is 0.790. The first-order chi connectivity index (χ1) is 6.27. The Bertz CT molecular complexity index is 223. The van der Waals surface area contributed by atoms with Gasteiger partial charge in [0.2, 0.25) is 0 Å². The molecule has 1 heterocycles. The average molecular weight is 199 g/mol. The van der Waals surface area contributed by atoms with Crippen LogP contribution in [0.15, 0.2) is 6.20 Å². The normalized spacial score (nSPS) is 15.6. The molecule has 0 amide bonds. The summed E-state index contributed by atoms with van der Waals surface area (Å²) in [7, 11) is 1.99. The fourth-order valence-corrected chi connectivity index (χ4v) is 1.90. The number of nitrogens with zero attached hydrogens (tertiary/aromatic N) is 2. The zero-order valence-corrected chi connectivity index (χ0v) is 9.27. The lowest BCUT2D eigenvalue weighted by atomic mass is 9.99. The molecule has 0 bridgehead atoms. The van der Waals surface area contributed by atoms with Gasteiger partial charge in [0.1, 0.15) is 0 Å². The van der Waals surface area contributed by atoms with Gasteiger partial charge in [-0.15, -0.1) is 5.10 Å². The van der Waals surface area contributed by atoms with Gasteiger partial charge >= 0.3 is 0 Å². The number of rotatable bonds is 5. The molecule has 1 rings (SSSR count). The number of nitrogens with one attached hydrogen (secondary N) is 1. The van der Waals surface area contributed by atoms with Crippen LogP contribution in [0.4, 0.5) is 0 Å². The van der Waals surface area contributed by atoms with E-state index in [-0.39, 0.29) is 0 Å². The van der Waals surface area contributed by atoms with Crippen molar-refractivity contribution in [2.75, 3.05) is 7.05 Å². The molecule has 0 saturated heterocycles. The molecule has 3 nitrogen and oxygen atoms in total. The minimum atomic E-state index is 0.426. The first kappa shape index (κ1) is 10.6. The predicted octanol–water partition coefficient (Wildman–Crippen LogP) is 2.23. The molecule has 0 saturated carbocycles. The third kappa shape index (κ3) is 3.04. The zero-order valence-electron chi connectivity index (χ0n) is 8.45. The fraction of sp³-hybridized carbons (Fsp3) is 0.778. The van der Waals surface area contributed by atoms with E-state index in [1.165, 1.54) is 22.8 Å². The summed E-state index contributed by atoms with van der Waals surface area (Å²) >= 11 is 1.48. The van der Waals surface area contributed by atoms with Gasteiger partial charge in [0, 0.05) is 6.04 Å². The maximum atomic E-state index is 3.88. The van der Waals surface area contributed by atoms with Crippen LogP contribution in [0.1, 0.15) is 37.6 Å². The highest BCUT2D eigenvalue weighted by atomic mass is 32.1. The second-order valence-electron chi connectivity index (χ2n) is 3.41. The fourth-order valence-electron chi connectivity index (χ4n) is 1.27. The highest BCUT2D eigenvalue weighted by Crippen LogP contribution is 2.23. The molecule has 1 aromatic rings. The van der Waals surface area contributed by atoms with Gasteiger partial charge in [0.25, 0.3) is 0 Å². The molecule has 1 aromatic heterocycles. The van der Waals surface area contributed by atoms with Gasteiger partial charge < -0.3 is 5.32 Å². The van der Waals surface area contributed by atoms with Gasteiger partial charge in [0.15, 0.2) is 0 Å². The molecule has 0 spiro atoms. The first-order valence-electron chi connectivity index (χ1n) is 4.72. The van der Waals surface area contributed by atoms with E-state index in [9.17, 15) is 0 Å². The van der Waals surface area contributed by atoms with Crippen molar-refractivity contribution < 1.29 is 0 Å². The molecule has 0 aromatic carbocycles. The molecule has 0 aliphatic heterocycles. The van der Waals surface area contributed by atoms with Gasteiger partial charge in [0.05, 0.1) is 11.1 Å². The van der Waals surface area contributed by atoms with E-state index in [0.29, 0.717) is 6.04 Å². The van der Waals surface area contributed by atoms with Gasteiger partial charge in [-0.25, -0.2) is 0 Å². The van der Waals surface area contributed by atoms with Crippen LogP contribution in [0, 0.1) is 5.92 Å². The topological polar surface area (TPSA) is 37.8 Å². The van der Waals surface area contributed by atoms with Crippen LogP contribution in [0.25, 0.3) is 0 Å². The van der Waals surface area contributed by atoms with Gasteiger partial charge in [-0.1, -0.05) is 24.8 Å². The molecule has 4 heteroatoms. The van der Waals surface area contributed by atoms with Crippen molar-refractivity contribution in [3.05, 3.63) is 11.1 Å². The molecule has 0 aliphatic rings. The molecule has 2 unspecified atom stereocenters. The average Bonchev–Trinajstić information content (AvgIpc) is 2.66. The lowest BCUT2D eigenvalue weighted by molar-refractivity contribution is 0.425. The second kappa shape index (κ2) is 5.29. The molecular weight excluding hydrogens is 182 g/mol. The van der Waals surface area contributed by atoms with Crippen molar-refractivity contribution in [3.63, 3.8) is 0 Å². The van der Waals surface area contributed by atoms with Crippen LogP contribution in [0.3, 0.4) is 0 Å². The zero-order chi connectivity index (χ0) is 9.68. The van der Waals surface area contributed by atoms with E-state index in [4.69, 9.17) is 0 Å². The Morgan fingerprint density at radius 1 is 1.62 bits per heavy atom. The van der Waals surface area contributed by atoms with Crippen LogP contribution in [-0.4, -0.2) is 16.6 Å². The Morgan fingerprint density at radius 2 is 2.38 bits per heavy atom.